The number of hydrogen-bond donors (Lipinski definition) is 1. The zero-order valence-electron chi connectivity index (χ0n) is 12.5. The van der Waals surface area contributed by atoms with Crippen molar-refractivity contribution >= 4 is 5.82 Å². The normalized spacial score (nSPS) is 15.7. The maximum absolute atomic E-state index is 8.76. The molecule has 2 rings (SSSR count). The lowest BCUT2D eigenvalue weighted by Crippen LogP contribution is -2.27. The molecule has 1 saturated carbocycles. The minimum Gasteiger partial charge on any atom is -0.353 e. The van der Waals surface area contributed by atoms with Crippen LogP contribution in [0.1, 0.15) is 51.1 Å². The summed E-state index contributed by atoms with van der Waals surface area (Å²) >= 11 is 0. The van der Waals surface area contributed by atoms with Gasteiger partial charge in [0, 0.05) is 24.8 Å². The third-order valence-corrected chi connectivity index (χ3v) is 3.72. The fourth-order valence-corrected chi connectivity index (χ4v) is 2.34. The molecule has 0 spiro atoms. The summed E-state index contributed by atoms with van der Waals surface area (Å²) in [6.45, 7) is 6.15. The van der Waals surface area contributed by atoms with Crippen LogP contribution in [0.3, 0.4) is 0 Å². The summed E-state index contributed by atoms with van der Waals surface area (Å²) in [4.78, 5) is 6.87. The zero-order chi connectivity index (χ0) is 14.4. The van der Waals surface area contributed by atoms with Gasteiger partial charge in [-0.1, -0.05) is 13.0 Å². The molecule has 1 aliphatic rings. The van der Waals surface area contributed by atoms with E-state index in [0.29, 0.717) is 18.5 Å². The lowest BCUT2D eigenvalue weighted by atomic mass is 10.1. The molecule has 108 valence electrons. The number of nitriles is 1. The number of nitrogens with zero attached hydrogens (tertiary/aromatic N) is 3. The minimum atomic E-state index is 0.338. The molecule has 1 aliphatic carbocycles. The number of nitrogens with one attached hydrogen (secondary N) is 1. The average molecular weight is 272 g/mol. The van der Waals surface area contributed by atoms with E-state index >= 15 is 0 Å². The fraction of sp³-hybridized carbons (Fsp3) is 0.625. The molecule has 0 aromatic carbocycles. The van der Waals surface area contributed by atoms with E-state index in [2.05, 4.69) is 47.3 Å². The van der Waals surface area contributed by atoms with E-state index in [4.69, 9.17) is 5.26 Å². The van der Waals surface area contributed by atoms with Crippen LogP contribution in [0, 0.1) is 11.3 Å². The molecule has 1 N–H and O–H groups in total. The highest BCUT2D eigenvalue weighted by molar-refractivity contribution is 5.42. The summed E-state index contributed by atoms with van der Waals surface area (Å²) in [7, 11) is 0. The molecule has 20 heavy (non-hydrogen) atoms. The van der Waals surface area contributed by atoms with Gasteiger partial charge in [0.15, 0.2) is 0 Å². The lowest BCUT2D eigenvalue weighted by molar-refractivity contribution is 0.569. The Kier molecular flexibility index (Phi) is 5.37. The Morgan fingerprint density at radius 3 is 2.85 bits per heavy atom. The van der Waals surface area contributed by atoms with Crippen molar-refractivity contribution in [3.05, 3.63) is 23.9 Å². The van der Waals surface area contributed by atoms with Crippen molar-refractivity contribution in [2.45, 2.75) is 51.6 Å². The van der Waals surface area contributed by atoms with Gasteiger partial charge in [-0.3, -0.25) is 0 Å². The minimum absolute atomic E-state index is 0.338. The van der Waals surface area contributed by atoms with Gasteiger partial charge in [0.05, 0.1) is 12.5 Å². The van der Waals surface area contributed by atoms with Crippen LogP contribution in [0.5, 0.6) is 0 Å². The molecule has 4 heteroatoms. The highest BCUT2D eigenvalue weighted by atomic mass is 15.2. The SMILES string of the molecule is CCCNC(C)c1ccc(N(CCC#N)C2CC2)nc1. The Labute approximate surface area is 121 Å². The molecule has 0 amide bonds. The second-order valence-corrected chi connectivity index (χ2v) is 5.46. The second-order valence-electron chi connectivity index (χ2n) is 5.46. The van der Waals surface area contributed by atoms with Gasteiger partial charge in [-0.15, -0.1) is 0 Å². The van der Waals surface area contributed by atoms with E-state index in [0.717, 1.165) is 25.3 Å². The standard InChI is InChI=1S/C16H24N4/c1-3-10-18-13(2)14-5-8-16(19-12-14)20(11-4-9-17)15-6-7-15/h5,8,12-13,15,18H,3-4,6-7,10-11H2,1-2H3. The van der Waals surface area contributed by atoms with Gasteiger partial charge in [0.2, 0.25) is 0 Å². The molecule has 0 radical (unpaired) electrons. The predicted molar refractivity (Wildman–Crippen MR) is 81.5 cm³/mol. The topological polar surface area (TPSA) is 52.0 Å². The average Bonchev–Trinajstić information content (AvgIpc) is 3.30. The van der Waals surface area contributed by atoms with E-state index in [-0.39, 0.29) is 0 Å². The number of aromatic nitrogens is 1. The molecule has 1 aromatic heterocycles. The van der Waals surface area contributed by atoms with E-state index in [9.17, 15) is 0 Å². The molecule has 1 fully saturated rings. The van der Waals surface area contributed by atoms with Crippen LogP contribution < -0.4 is 10.2 Å². The third-order valence-electron chi connectivity index (χ3n) is 3.72. The Balaban J connectivity index is 2.00. The molecular weight excluding hydrogens is 248 g/mol. The van der Waals surface area contributed by atoms with E-state index in [1.54, 1.807) is 0 Å². The van der Waals surface area contributed by atoms with Gasteiger partial charge in [-0.2, -0.15) is 5.26 Å². The Hall–Kier alpha value is -1.60. The highest BCUT2D eigenvalue weighted by Gasteiger charge is 2.29. The Morgan fingerprint density at radius 1 is 1.50 bits per heavy atom. The van der Waals surface area contributed by atoms with Crippen LogP contribution in [0.2, 0.25) is 0 Å². The predicted octanol–water partition coefficient (Wildman–Crippen LogP) is 3.02. The van der Waals surface area contributed by atoms with E-state index < -0.39 is 0 Å². The molecule has 1 heterocycles. The fourth-order valence-electron chi connectivity index (χ4n) is 2.34. The van der Waals surface area contributed by atoms with Crippen molar-refractivity contribution in [1.29, 1.82) is 5.26 Å². The van der Waals surface area contributed by atoms with Crippen LogP contribution in [0.15, 0.2) is 18.3 Å². The molecule has 1 unspecified atom stereocenters. The monoisotopic (exact) mass is 272 g/mol. The first-order chi connectivity index (χ1) is 9.76. The van der Waals surface area contributed by atoms with Gasteiger partial charge in [-0.05, 0) is 44.4 Å². The van der Waals surface area contributed by atoms with Gasteiger partial charge < -0.3 is 10.2 Å². The first kappa shape index (κ1) is 14.8. The summed E-state index contributed by atoms with van der Waals surface area (Å²) in [5.74, 6) is 1.01. The zero-order valence-corrected chi connectivity index (χ0v) is 12.5. The molecule has 4 nitrogen and oxygen atoms in total. The highest BCUT2D eigenvalue weighted by Crippen LogP contribution is 2.30. The number of hydrogen-bond acceptors (Lipinski definition) is 4. The Morgan fingerprint density at radius 2 is 2.30 bits per heavy atom. The third kappa shape index (κ3) is 3.94. The van der Waals surface area contributed by atoms with Crippen molar-refractivity contribution in [2.24, 2.45) is 0 Å². The van der Waals surface area contributed by atoms with E-state index in [1.807, 2.05) is 6.20 Å². The Bertz CT molecular complexity index is 445. The molecule has 1 atom stereocenters. The number of anilines is 1. The smallest absolute Gasteiger partial charge is 0.128 e. The van der Waals surface area contributed by atoms with Crippen LogP contribution in [0.25, 0.3) is 0 Å². The molecular formula is C16H24N4. The van der Waals surface area contributed by atoms with Crippen molar-refractivity contribution < 1.29 is 0 Å². The van der Waals surface area contributed by atoms with Gasteiger partial charge >= 0.3 is 0 Å². The molecule has 0 aliphatic heterocycles. The molecule has 0 bridgehead atoms. The van der Waals surface area contributed by atoms with Crippen LogP contribution in [0.4, 0.5) is 5.82 Å². The summed E-state index contributed by atoms with van der Waals surface area (Å²) in [6, 6.07) is 7.40. The van der Waals surface area contributed by atoms with Crippen molar-refractivity contribution in [1.82, 2.24) is 10.3 Å². The number of pyridine rings is 1. The lowest BCUT2D eigenvalue weighted by Gasteiger charge is -2.23. The van der Waals surface area contributed by atoms with Crippen LogP contribution in [-0.2, 0) is 0 Å². The largest absolute Gasteiger partial charge is 0.353 e. The quantitative estimate of drug-likeness (QED) is 0.790. The molecule has 0 saturated heterocycles. The first-order valence-corrected chi connectivity index (χ1v) is 7.59. The summed E-state index contributed by atoms with van der Waals surface area (Å²) in [5, 5.41) is 12.2. The van der Waals surface area contributed by atoms with Crippen molar-refractivity contribution in [3.63, 3.8) is 0 Å². The van der Waals surface area contributed by atoms with E-state index in [1.165, 1.54) is 18.4 Å². The summed E-state index contributed by atoms with van der Waals surface area (Å²) in [5.41, 5.74) is 1.22. The van der Waals surface area contributed by atoms with Crippen molar-refractivity contribution in [2.75, 3.05) is 18.0 Å². The maximum atomic E-state index is 8.76. The van der Waals surface area contributed by atoms with Gasteiger partial charge in [0.1, 0.15) is 5.82 Å². The van der Waals surface area contributed by atoms with Gasteiger partial charge in [0.25, 0.3) is 0 Å². The summed E-state index contributed by atoms with van der Waals surface area (Å²) in [6.07, 6.45) is 6.12. The number of rotatable bonds is 8. The summed E-state index contributed by atoms with van der Waals surface area (Å²) < 4.78 is 0. The first-order valence-electron chi connectivity index (χ1n) is 7.59. The van der Waals surface area contributed by atoms with Gasteiger partial charge in [-0.25, -0.2) is 4.98 Å². The maximum Gasteiger partial charge on any atom is 0.128 e. The van der Waals surface area contributed by atoms with Crippen LogP contribution in [-0.4, -0.2) is 24.1 Å². The second kappa shape index (κ2) is 7.25. The van der Waals surface area contributed by atoms with Crippen molar-refractivity contribution in [3.8, 4) is 6.07 Å². The molecule has 1 aromatic rings. The van der Waals surface area contributed by atoms with Crippen LogP contribution >= 0.6 is 0 Å².